The highest BCUT2D eigenvalue weighted by atomic mass is 16.2. The van der Waals surface area contributed by atoms with Gasteiger partial charge in [0.25, 0.3) is 5.91 Å². The third kappa shape index (κ3) is 2.80. The number of hydrogen-bond donors (Lipinski definition) is 1. The van der Waals surface area contributed by atoms with Crippen LogP contribution in [0.1, 0.15) is 38.2 Å². The van der Waals surface area contributed by atoms with E-state index < -0.39 is 0 Å². The number of nitrogens with two attached hydrogens (primary N) is 1. The van der Waals surface area contributed by atoms with Crippen LogP contribution < -0.4 is 5.73 Å². The van der Waals surface area contributed by atoms with Crippen LogP contribution in [0, 0.1) is 0 Å². The average molecular weight is 279 g/mol. The Balaban J connectivity index is 2.07. The molecule has 20 heavy (non-hydrogen) atoms. The number of anilines is 1. The lowest BCUT2D eigenvalue weighted by atomic mass is 10.0. The largest absolute Gasteiger partial charge is 0.396 e. The molecule has 2 rings (SSSR count). The first-order chi connectivity index (χ1) is 9.34. The molecule has 112 valence electrons. The maximum Gasteiger partial charge on any atom is 0.274 e. The molecule has 1 fully saturated rings. The zero-order chi connectivity index (χ0) is 14.9. The molecule has 1 aliphatic heterocycles. The quantitative estimate of drug-likeness (QED) is 0.878. The van der Waals surface area contributed by atoms with Gasteiger partial charge >= 0.3 is 0 Å². The molecule has 0 aliphatic carbocycles. The number of carbonyl (C=O) groups is 1. The monoisotopic (exact) mass is 279 g/mol. The van der Waals surface area contributed by atoms with Gasteiger partial charge in [0.15, 0.2) is 0 Å². The van der Waals surface area contributed by atoms with Crippen LogP contribution in [-0.2, 0) is 6.54 Å². The minimum Gasteiger partial charge on any atom is -0.396 e. The van der Waals surface area contributed by atoms with Gasteiger partial charge in [-0.25, -0.2) is 0 Å². The number of nitrogens with zero attached hydrogens (tertiary/aromatic N) is 4. The summed E-state index contributed by atoms with van der Waals surface area (Å²) in [5, 5.41) is 4.14. The zero-order valence-corrected chi connectivity index (χ0v) is 12.9. The molecule has 1 aromatic heterocycles. The summed E-state index contributed by atoms with van der Waals surface area (Å²) < 4.78 is 1.67. The van der Waals surface area contributed by atoms with Crippen LogP contribution in [0.5, 0.6) is 0 Å². The Hall–Kier alpha value is -1.56. The van der Waals surface area contributed by atoms with E-state index in [1.165, 1.54) is 0 Å². The van der Waals surface area contributed by atoms with Crippen LogP contribution in [0.15, 0.2) is 6.20 Å². The highest BCUT2D eigenvalue weighted by Gasteiger charge is 2.30. The number of amides is 1. The molecule has 0 atom stereocenters. The van der Waals surface area contributed by atoms with Gasteiger partial charge in [-0.05, 0) is 27.7 Å². The van der Waals surface area contributed by atoms with E-state index in [2.05, 4.69) is 30.8 Å². The molecule has 6 nitrogen and oxygen atoms in total. The van der Waals surface area contributed by atoms with Gasteiger partial charge in [-0.3, -0.25) is 14.4 Å². The van der Waals surface area contributed by atoms with Crippen LogP contribution in [0.4, 0.5) is 5.69 Å². The first-order valence-electron chi connectivity index (χ1n) is 7.20. The zero-order valence-electron chi connectivity index (χ0n) is 12.9. The molecule has 0 bridgehead atoms. The number of carbonyl (C=O) groups excluding carboxylic acids is 1. The van der Waals surface area contributed by atoms with Crippen molar-refractivity contribution >= 4 is 11.6 Å². The maximum atomic E-state index is 12.6. The standard InChI is InChI=1S/C14H25N5O/c1-5-19-12(11(15)10-16-19)13(20)17-6-8-18(9-7-17)14(2,3)4/h10H,5-9,15H2,1-4H3. The average Bonchev–Trinajstić information content (AvgIpc) is 2.78. The van der Waals surface area contributed by atoms with Crippen LogP contribution in [0.3, 0.4) is 0 Å². The fraction of sp³-hybridized carbons (Fsp3) is 0.714. The first kappa shape index (κ1) is 14.8. The summed E-state index contributed by atoms with van der Waals surface area (Å²) in [4.78, 5) is 16.9. The molecule has 1 aromatic rings. The number of hydrogen-bond acceptors (Lipinski definition) is 4. The van der Waals surface area contributed by atoms with E-state index in [-0.39, 0.29) is 11.4 Å². The number of rotatable bonds is 2. The van der Waals surface area contributed by atoms with Gasteiger partial charge in [0, 0.05) is 38.3 Å². The predicted molar refractivity (Wildman–Crippen MR) is 79.5 cm³/mol. The Morgan fingerprint density at radius 2 is 1.90 bits per heavy atom. The Morgan fingerprint density at radius 3 is 2.40 bits per heavy atom. The molecule has 2 heterocycles. The van der Waals surface area contributed by atoms with Gasteiger partial charge in [0.2, 0.25) is 0 Å². The van der Waals surface area contributed by atoms with E-state index in [1.54, 1.807) is 10.9 Å². The van der Waals surface area contributed by atoms with Crippen molar-refractivity contribution in [2.75, 3.05) is 31.9 Å². The summed E-state index contributed by atoms with van der Waals surface area (Å²) in [6, 6.07) is 0. The van der Waals surface area contributed by atoms with Gasteiger partial charge in [-0.1, -0.05) is 0 Å². The van der Waals surface area contributed by atoms with Crippen molar-refractivity contribution < 1.29 is 4.79 Å². The molecular weight excluding hydrogens is 254 g/mol. The summed E-state index contributed by atoms with van der Waals surface area (Å²) in [6.07, 6.45) is 1.56. The molecule has 1 aliphatic rings. The SMILES string of the molecule is CCn1ncc(N)c1C(=O)N1CCN(C(C)(C)C)CC1. The summed E-state index contributed by atoms with van der Waals surface area (Å²) >= 11 is 0. The normalized spacial score (nSPS) is 17.5. The lowest BCUT2D eigenvalue weighted by Crippen LogP contribution is -2.54. The summed E-state index contributed by atoms with van der Waals surface area (Å²) in [5.41, 5.74) is 7.02. The van der Waals surface area contributed by atoms with E-state index in [1.807, 2.05) is 11.8 Å². The van der Waals surface area contributed by atoms with Gasteiger partial charge < -0.3 is 10.6 Å². The smallest absolute Gasteiger partial charge is 0.274 e. The van der Waals surface area contributed by atoms with Crippen molar-refractivity contribution in [3.05, 3.63) is 11.9 Å². The summed E-state index contributed by atoms with van der Waals surface area (Å²) in [5.74, 6) is -0.00425. The third-order valence-electron chi connectivity index (χ3n) is 3.89. The van der Waals surface area contributed by atoms with Crippen molar-refractivity contribution in [3.63, 3.8) is 0 Å². The second-order valence-electron chi connectivity index (χ2n) is 6.21. The minimum absolute atomic E-state index is 0.00425. The molecule has 0 saturated carbocycles. The second kappa shape index (κ2) is 5.44. The number of piperazine rings is 1. The van der Waals surface area contributed by atoms with Crippen molar-refractivity contribution in [2.45, 2.75) is 39.8 Å². The fourth-order valence-corrected chi connectivity index (χ4v) is 2.60. The molecule has 2 N–H and O–H groups in total. The molecule has 0 unspecified atom stereocenters. The lowest BCUT2D eigenvalue weighted by Gasteiger charge is -2.42. The molecule has 1 amide bonds. The Kier molecular flexibility index (Phi) is 4.04. The second-order valence-corrected chi connectivity index (χ2v) is 6.21. The molecule has 0 aromatic carbocycles. The van der Waals surface area contributed by atoms with Gasteiger partial charge in [-0.2, -0.15) is 5.10 Å². The van der Waals surface area contributed by atoms with Crippen molar-refractivity contribution in [2.24, 2.45) is 0 Å². The minimum atomic E-state index is -0.00425. The molecule has 1 saturated heterocycles. The van der Waals surface area contributed by atoms with Gasteiger partial charge in [0.05, 0.1) is 11.9 Å². The molecule has 6 heteroatoms. The molecule has 0 radical (unpaired) electrons. The number of aromatic nitrogens is 2. The van der Waals surface area contributed by atoms with E-state index in [4.69, 9.17) is 5.73 Å². The highest BCUT2D eigenvalue weighted by Crippen LogP contribution is 2.19. The molecular formula is C14H25N5O. The fourth-order valence-electron chi connectivity index (χ4n) is 2.60. The summed E-state index contributed by atoms with van der Waals surface area (Å²) in [7, 11) is 0. The van der Waals surface area contributed by atoms with Crippen LogP contribution >= 0.6 is 0 Å². The van der Waals surface area contributed by atoms with Crippen LogP contribution in [-0.4, -0.2) is 57.2 Å². The Morgan fingerprint density at radius 1 is 1.30 bits per heavy atom. The van der Waals surface area contributed by atoms with Crippen molar-refractivity contribution in [3.8, 4) is 0 Å². The van der Waals surface area contributed by atoms with Gasteiger partial charge in [0.1, 0.15) is 5.69 Å². The predicted octanol–water partition coefficient (Wildman–Crippen LogP) is 1.04. The Labute approximate surface area is 120 Å². The van der Waals surface area contributed by atoms with Gasteiger partial charge in [-0.15, -0.1) is 0 Å². The number of aryl methyl sites for hydroxylation is 1. The van der Waals surface area contributed by atoms with Crippen LogP contribution in [0.25, 0.3) is 0 Å². The van der Waals surface area contributed by atoms with E-state index in [9.17, 15) is 4.79 Å². The maximum absolute atomic E-state index is 12.6. The third-order valence-corrected chi connectivity index (χ3v) is 3.89. The van der Waals surface area contributed by atoms with Crippen molar-refractivity contribution in [1.29, 1.82) is 0 Å². The van der Waals surface area contributed by atoms with Crippen LogP contribution in [0.2, 0.25) is 0 Å². The summed E-state index contributed by atoms with van der Waals surface area (Å²) in [6.45, 7) is 12.5. The highest BCUT2D eigenvalue weighted by molar-refractivity contribution is 5.97. The van der Waals surface area contributed by atoms with E-state index in [0.29, 0.717) is 17.9 Å². The Bertz CT molecular complexity index is 480. The van der Waals surface area contributed by atoms with Crippen molar-refractivity contribution in [1.82, 2.24) is 19.6 Å². The topological polar surface area (TPSA) is 67.4 Å². The van der Waals surface area contributed by atoms with E-state index >= 15 is 0 Å². The molecule has 0 spiro atoms. The van der Waals surface area contributed by atoms with E-state index in [0.717, 1.165) is 26.2 Å². The number of nitrogen functional groups attached to an aromatic ring is 1. The first-order valence-corrected chi connectivity index (χ1v) is 7.20. The lowest BCUT2D eigenvalue weighted by molar-refractivity contribution is 0.0443.